The third-order valence-corrected chi connectivity index (χ3v) is 3.43. The molecule has 20 heavy (non-hydrogen) atoms. The van der Waals surface area contributed by atoms with E-state index in [1.54, 1.807) is 0 Å². The van der Waals surface area contributed by atoms with Crippen molar-refractivity contribution in [1.29, 1.82) is 0 Å². The van der Waals surface area contributed by atoms with Gasteiger partial charge < -0.3 is 14.9 Å². The predicted molar refractivity (Wildman–Crippen MR) is 85.2 cm³/mol. The molecule has 0 fully saturated rings. The van der Waals surface area contributed by atoms with Gasteiger partial charge in [-0.05, 0) is 35.4 Å². The fraction of sp³-hybridized carbons (Fsp3) is 0.294. The minimum atomic E-state index is 0.0993. The van der Waals surface area contributed by atoms with E-state index in [1.165, 1.54) is 16.9 Å². The standard InChI is InChI=1S/C17H22N2O/c1-18(2)16-8-10-17(11-9-16)19(3)12-14-4-6-15(13-20)7-5-14/h4-11,20H,12-13H2,1-3H3. The van der Waals surface area contributed by atoms with E-state index in [-0.39, 0.29) is 6.61 Å². The molecule has 0 radical (unpaired) electrons. The summed E-state index contributed by atoms with van der Waals surface area (Å²) < 4.78 is 0. The van der Waals surface area contributed by atoms with Crippen LogP contribution in [0.3, 0.4) is 0 Å². The Morgan fingerprint density at radius 3 is 1.75 bits per heavy atom. The Morgan fingerprint density at radius 2 is 1.25 bits per heavy atom. The molecule has 0 amide bonds. The lowest BCUT2D eigenvalue weighted by Crippen LogP contribution is -2.16. The Balaban J connectivity index is 2.04. The van der Waals surface area contributed by atoms with Crippen molar-refractivity contribution in [1.82, 2.24) is 0 Å². The lowest BCUT2D eigenvalue weighted by atomic mass is 10.1. The summed E-state index contributed by atoms with van der Waals surface area (Å²) in [6.45, 7) is 0.954. The topological polar surface area (TPSA) is 26.7 Å². The van der Waals surface area contributed by atoms with Gasteiger partial charge in [-0.2, -0.15) is 0 Å². The molecule has 0 atom stereocenters. The van der Waals surface area contributed by atoms with Crippen molar-refractivity contribution in [2.45, 2.75) is 13.2 Å². The van der Waals surface area contributed by atoms with Gasteiger partial charge in [0.1, 0.15) is 0 Å². The molecule has 106 valence electrons. The van der Waals surface area contributed by atoms with Crippen LogP contribution in [-0.2, 0) is 13.2 Å². The molecule has 3 nitrogen and oxygen atoms in total. The highest BCUT2D eigenvalue weighted by Gasteiger charge is 2.03. The van der Waals surface area contributed by atoms with E-state index in [0.717, 1.165) is 12.1 Å². The van der Waals surface area contributed by atoms with E-state index in [0.29, 0.717) is 0 Å². The minimum absolute atomic E-state index is 0.0993. The highest BCUT2D eigenvalue weighted by molar-refractivity contribution is 5.55. The molecule has 0 aromatic heterocycles. The molecular formula is C17H22N2O. The van der Waals surface area contributed by atoms with E-state index in [2.05, 4.69) is 53.2 Å². The number of benzene rings is 2. The van der Waals surface area contributed by atoms with Gasteiger partial charge in [-0.25, -0.2) is 0 Å². The fourth-order valence-corrected chi connectivity index (χ4v) is 2.12. The second-order valence-corrected chi connectivity index (χ2v) is 5.24. The molecule has 0 saturated heterocycles. The van der Waals surface area contributed by atoms with Crippen LogP contribution in [0.15, 0.2) is 48.5 Å². The molecule has 0 aliphatic carbocycles. The molecule has 1 N–H and O–H groups in total. The first-order chi connectivity index (χ1) is 9.60. The van der Waals surface area contributed by atoms with Gasteiger partial charge >= 0.3 is 0 Å². The molecule has 2 aromatic carbocycles. The van der Waals surface area contributed by atoms with Crippen LogP contribution in [0.2, 0.25) is 0 Å². The van der Waals surface area contributed by atoms with Crippen molar-refractivity contribution in [3.63, 3.8) is 0 Å². The van der Waals surface area contributed by atoms with Gasteiger partial charge in [-0.1, -0.05) is 24.3 Å². The molecule has 0 aliphatic rings. The number of hydrogen-bond acceptors (Lipinski definition) is 3. The Bertz CT molecular complexity index is 532. The minimum Gasteiger partial charge on any atom is -0.392 e. The Hall–Kier alpha value is -2.00. The fourth-order valence-electron chi connectivity index (χ4n) is 2.12. The molecule has 0 saturated carbocycles. The zero-order chi connectivity index (χ0) is 14.5. The van der Waals surface area contributed by atoms with Crippen molar-refractivity contribution in [2.75, 3.05) is 30.9 Å². The van der Waals surface area contributed by atoms with Crippen molar-refractivity contribution >= 4 is 11.4 Å². The third kappa shape index (κ3) is 3.52. The summed E-state index contributed by atoms with van der Waals surface area (Å²) in [5, 5.41) is 9.04. The molecule has 0 unspecified atom stereocenters. The van der Waals surface area contributed by atoms with E-state index in [4.69, 9.17) is 5.11 Å². The Morgan fingerprint density at radius 1 is 0.750 bits per heavy atom. The summed E-state index contributed by atoms with van der Waals surface area (Å²) in [4.78, 5) is 4.31. The molecule has 0 aliphatic heterocycles. The van der Waals surface area contributed by atoms with Crippen LogP contribution >= 0.6 is 0 Å². The van der Waals surface area contributed by atoms with Crippen LogP contribution in [0.5, 0.6) is 0 Å². The van der Waals surface area contributed by atoms with Gasteiger partial charge in [0.05, 0.1) is 6.61 Å². The lowest BCUT2D eigenvalue weighted by molar-refractivity contribution is 0.282. The monoisotopic (exact) mass is 270 g/mol. The summed E-state index contributed by atoms with van der Waals surface area (Å²) in [6.07, 6.45) is 0. The van der Waals surface area contributed by atoms with Gasteiger partial charge in [0.25, 0.3) is 0 Å². The van der Waals surface area contributed by atoms with E-state index >= 15 is 0 Å². The average molecular weight is 270 g/mol. The first-order valence-corrected chi connectivity index (χ1v) is 6.77. The van der Waals surface area contributed by atoms with Crippen molar-refractivity contribution in [3.8, 4) is 0 Å². The SMILES string of the molecule is CN(C)c1ccc(N(C)Cc2ccc(CO)cc2)cc1. The first kappa shape index (κ1) is 14.4. The smallest absolute Gasteiger partial charge is 0.0681 e. The summed E-state index contributed by atoms with van der Waals surface area (Å²) in [5.74, 6) is 0. The van der Waals surface area contributed by atoms with E-state index in [9.17, 15) is 0 Å². The number of nitrogens with zero attached hydrogens (tertiary/aromatic N) is 2. The van der Waals surface area contributed by atoms with Gasteiger partial charge in [-0.15, -0.1) is 0 Å². The van der Waals surface area contributed by atoms with Gasteiger partial charge in [0, 0.05) is 39.1 Å². The Kier molecular flexibility index (Phi) is 4.64. The van der Waals surface area contributed by atoms with Crippen LogP contribution in [0.4, 0.5) is 11.4 Å². The van der Waals surface area contributed by atoms with Crippen LogP contribution in [0.25, 0.3) is 0 Å². The van der Waals surface area contributed by atoms with Crippen molar-refractivity contribution < 1.29 is 5.11 Å². The summed E-state index contributed by atoms with van der Waals surface area (Å²) in [5.41, 5.74) is 4.59. The number of rotatable bonds is 5. The largest absolute Gasteiger partial charge is 0.392 e. The van der Waals surface area contributed by atoms with Crippen molar-refractivity contribution in [2.24, 2.45) is 0 Å². The van der Waals surface area contributed by atoms with Gasteiger partial charge in [0.2, 0.25) is 0 Å². The van der Waals surface area contributed by atoms with Crippen molar-refractivity contribution in [3.05, 3.63) is 59.7 Å². The van der Waals surface area contributed by atoms with Crippen LogP contribution < -0.4 is 9.80 Å². The number of hydrogen-bond donors (Lipinski definition) is 1. The molecule has 2 rings (SSSR count). The molecular weight excluding hydrogens is 248 g/mol. The highest BCUT2D eigenvalue weighted by Crippen LogP contribution is 2.20. The van der Waals surface area contributed by atoms with E-state index < -0.39 is 0 Å². The Labute approximate surface area is 121 Å². The predicted octanol–water partition coefficient (Wildman–Crippen LogP) is 2.88. The normalized spacial score (nSPS) is 10.4. The van der Waals surface area contributed by atoms with Crippen LogP contribution in [0.1, 0.15) is 11.1 Å². The van der Waals surface area contributed by atoms with Gasteiger partial charge in [-0.3, -0.25) is 0 Å². The maximum absolute atomic E-state index is 9.04. The summed E-state index contributed by atoms with van der Waals surface area (Å²) in [7, 11) is 6.17. The first-order valence-electron chi connectivity index (χ1n) is 6.77. The number of aliphatic hydroxyl groups is 1. The summed E-state index contributed by atoms with van der Waals surface area (Å²) in [6, 6.07) is 16.6. The molecule has 0 bridgehead atoms. The second kappa shape index (κ2) is 6.44. The van der Waals surface area contributed by atoms with Crippen LogP contribution in [-0.4, -0.2) is 26.2 Å². The molecule has 3 heteroatoms. The third-order valence-electron chi connectivity index (χ3n) is 3.43. The highest BCUT2D eigenvalue weighted by atomic mass is 16.3. The zero-order valence-electron chi connectivity index (χ0n) is 12.4. The second-order valence-electron chi connectivity index (χ2n) is 5.24. The summed E-state index contributed by atoms with van der Waals surface area (Å²) >= 11 is 0. The number of aliphatic hydroxyl groups excluding tert-OH is 1. The average Bonchev–Trinajstić information content (AvgIpc) is 2.48. The zero-order valence-corrected chi connectivity index (χ0v) is 12.4. The lowest BCUT2D eigenvalue weighted by Gasteiger charge is -2.21. The van der Waals surface area contributed by atoms with Crippen LogP contribution in [0, 0.1) is 0 Å². The number of anilines is 2. The molecule has 0 heterocycles. The quantitative estimate of drug-likeness (QED) is 0.905. The molecule has 0 spiro atoms. The molecule has 2 aromatic rings. The maximum atomic E-state index is 9.04. The van der Waals surface area contributed by atoms with E-state index in [1.807, 2.05) is 26.2 Å². The maximum Gasteiger partial charge on any atom is 0.0681 e. The van der Waals surface area contributed by atoms with Gasteiger partial charge in [0.15, 0.2) is 0 Å².